The second kappa shape index (κ2) is 3.53. The highest BCUT2D eigenvalue weighted by Gasteiger charge is 2.33. The molecule has 3 rings (SSSR count). The van der Waals surface area contributed by atoms with Crippen LogP contribution in [0.1, 0.15) is 36.3 Å². The van der Waals surface area contributed by atoms with Gasteiger partial charge in [-0.3, -0.25) is 0 Å². The molecule has 0 spiro atoms. The Labute approximate surface area is 90.3 Å². The topological polar surface area (TPSA) is 32.3 Å². The molecular formula is C13H17NO. The minimum Gasteiger partial charge on any atom is -0.508 e. The van der Waals surface area contributed by atoms with E-state index in [1.54, 1.807) is 0 Å². The Morgan fingerprint density at radius 1 is 1.27 bits per heavy atom. The fourth-order valence-corrected chi connectivity index (χ4v) is 3.16. The molecule has 2 unspecified atom stereocenters. The van der Waals surface area contributed by atoms with E-state index in [1.165, 1.54) is 30.4 Å². The molecule has 2 heteroatoms. The zero-order valence-corrected chi connectivity index (χ0v) is 8.87. The number of hydrogen-bond acceptors (Lipinski definition) is 2. The number of phenolic OH excluding ortho intramolecular Hbond substituents is 1. The monoisotopic (exact) mass is 203 g/mol. The highest BCUT2D eigenvalue weighted by atomic mass is 16.3. The summed E-state index contributed by atoms with van der Waals surface area (Å²) in [6.45, 7) is 1.14. The predicted molar refractivity (Wildman–Crippen MR) is 60.2 cm³/mol. The van der Waals surface area contributed by atoms with Crippen LogP contribution in [0.4, 0.5) is 0 Å². The summed E-state index contributed by atoms with van der Waals surface area (Å²) in [7, 11) is 0. The summed E-state index contributed by atoms with van der Waals surface area (Å²) in [5, 5.41) is 13.5. The highest BCUT2D eigenvalue weighted by molar-refractivity contribution is 5.46. The molecule has 2 N–H and O–H groups in total. The molecule has 1 aromatic rings. The van der Waals surface area contributed by atoms with Crippen LogP contribution in [0.2, 0.25) is 0 Å². The third-order valence-corrected chi connectivity index (χ3v) is 3.85. The van der Waals surface area contributed by atoms with Gasteiger partial charge in [-0.2, -0.15) is 0 Å². The zero-order valence-electron chi connectivity index (χ0n) is 8.87. The van der Waals surface area contributed by atoms with Crippen molar-refractivity contribution >= 4 is 0 Å². The van der Waals surface area contributed by atoms with Crippen LogP contribution in [0.15, 0.2) is 18.2 Å². The van der Waals surface area contributed by atoms with Gasteiger partial charge < -0.3 is 10.4 Å². The average Bonchev–Trinajstić information content (AvgIpc) is 2.85. The van der Waals surface area contributed by atoms with Crippen LogP contribution in [0.3, 0.4) is 0 Å². The maximum absolute atomic E-state index is 9.93. The summed E-state index contributed by atoms with van der Waals surface area (Å²) >= 11 is 0. The molecule has 1 fully saturated rings. The van der Waals surface area contributed by atoms with Gasteiger partial charge in [0.2, 0.25) is 0 Å². The summed E-state index contributed by atoms with van der Waals surface area (Å²) < 4.78 is 0. The maximum Gasteiger partial charge on any atom is 0.119 e. The lowest BCUT2D eigenvalue weighted by molar-refractivity contribution is 0.438. The first-order valence-electron chi connectivity index (χ1n) is 5.90. The minimum absolute atomic E-state index is 0.503. The van der Waals surface area contributed by atoms with Gasteiger partial charge in [-0.1, -0.05) is 12.1 Å². The van der Waals surface area contributed by atoms with Gasteiger partial charge in [0.1, 0.15) is 5.75 Å². The number of aromatic hydroxyl groups is 1. The van der Waals surface area contributed by atoms with Crippen LogP contribution in [-0.4, -0.2) is 17.7 Å². The smallest absolute Gasteiger partial charge is 0.119 e. The molecule has 0 saturated carbocycles. The van der Waals surface area contributed by atoms with Crippen LogP contribution in [0, 0.1) is 0 Å². The summed E-state index contributed by atoms with van der Waals surface area (Å²) in [5.74, 6) is 1.05. The fraction of sp³-hybridized carbons (Fsp3) is 0.538. The normalized spacial score (nSPS) is 29.3. The number of rotatable bonds is 1. The van der Waals surface area contributed by atoms with Gasteiger partial charge >= 0.3 is 0 Å². The van der Waals surface area contributed by atoms with E-state index in [9.17, 15) is 5.11 Å². The van der Waals surface area contributed by atoms with Crippen molar-refractivity contribution in [2.24, 2.45) is 0 Å². The average molecular weight is 203 g/mol. The predicted octanol–water partition coefficient (Wildman–Crippen LogP) is 2.17. The van der Waals surface area contributed by atoms with Crippen molar-refractivity contribution < 1.29 is 5.11 Å². The van der Waals surface area contributed by atoms with Gasteiger partial charge in [-0.05, 0) is 43.9 Å². The van der Waals surface area contributed by atoms with Crippen molar-refractivity contribution in [3.63, 3.8) is 0 Å². The Hall–Kier alpha value is -1.02. The van der Waals surface area contributed by atoms with Crippen molar-refractivity contribution in [1.29, 1.82) is 0 Å². The van der Waals surface area contributed by atoms with Crippen LogP contribution >= 0.6 is 0 Å². The Kier molecular flexibility index (Phi) is 2.17. The van der Waals surface area contributed by atoms with Crippen molar-refractivity contribution in [2.45, 2.75) is 37.6 Å². The molecule has 1 aromatic carbocycles. The van der Waals surface area contributed by atoms with Crippen LogP contribution in [0.25, 0.3) is 0 Å². The third-order valence-electron chi connectivity index (χ3n) is 3.85. The number of nitrogens with one attached hydrogen (secondary N) is 1. The van der Waals surface area contributed by atoms with Crippen LogP contribution < -0.4 is 5.32 Å². The summed E-state index contributed by atoms with van der Waals surface area (Å²) in [6.07, 6.45) is 4.87. The Bertz CT molecular complexity index is 369. The lowest BCUT2D eigenvalue weighted by Gasteiger charge is -2.20. The quantitative estimate of drug-likeness (QED) is 0.733. The van der Waals surface area contributed by atoms with Crippen molar-refractivity contribution in [1.82, 2.24) is 5.32 Å². The Morgan fingerprint density at radius 3 is 3.00 bits per heavy atom. The van der Waals surface area contributed by atoms with Crippen molar-refractivity contribution in [3.05, 3.63) is 29.3 Å². The first-order valence-corrected chi connectivity index (χ1v) is 5.90. The fourth-order valence-electron chi connectivity index (χ4n) is 3.16. The lowest BCUT2D eigenvalue weighted by atomic mass is 9.91. The highest BCUT2D eigenvalue weighted by Crippen LogP contribution is 2.42. The number of phenols is 1. The number of fused-ring (bicyclic) bond motifs is 1. The van der Waals surface area contributed by atoms with E-state index in [-0.39, 0.29) is 0 Å². The van der Waals surface area contributed by atoms with E-state index >= 15 is 0 Å². The van der Waals surface area contributed by atoms with Gasteiger partial charge in [0, 0.05) is 17.5 Å². The zero-order chi connectivity index (χ0) is 10.3. The minimum atomic E-state index is 0.503. The van der Waals surface area contributed by atoms with Gasteiger partial charge in [0.05, 0.1) is 0 Å². The van der Waals surface area contributed by atoms with Crippen molar-refractivity contribution in [2.75, 3.05) is 6.54 Å². The number of hydrogen-bond donors (Lipinski definition) is 2. The summed E-state index contributed by atoms with van der Waals surface area (Å²) in [4.78, 5) is 0. The molecule has 2 nitrogen and oxygen atoms in total. The molecule has 1 aliphatic carbocycles. The maximum atomic E-state index is 9.93. The molecule has 15 heavy (non-hydrogen) atoms. The van der Waals surface area contributed by atoms with Gasteiger partial charge in [-0.25, -0.2) is 0 Å². The lowest BCUT2D eigenvalue weighted by Crippen LogP contribution is -2.27. The van der Waals surface area contributed by atoms with Gasteiger partial charge in [0.15, 0.2) is 0 Å². The molecule has 0 aromatic heterocycles. The van der Waals surface area contributed by atoms with E-state index in [0.29, 0.717) is 17.7 Å². The van der Waals surface area contributed by atoms with E-state index in [1.807, 2.05) is 12.1 Å². The first-order chi connectivity index (χ1) is 7.36. The number of benzene rings is 1. The van der Waals surface area contributed by atoms with E-state index in [4.69, 9.17) is 0 Å². The molecule has 80 valence electrons. The molecule has 0 radical (unpaired) electrons. The largest absolute Gasteiger partial charge is 0.508 e. The second-order valence-corrected chi connectivity index (χ2v) is 4.70. The van der Waals surface area contributed by atoms with Gasteiger partial charge in [0.25, 0.3) is 0 Å². The standard InChI is InChI=1S/C13H17NO/c15-12-5-1-3-9-6-7-10(13(9)12)11-4-2-8-14-11/h1,3,5,10-11,14-15H,2,4,6-8H2. The molecule has 0 amide bonds. The first kappa shape index (κ1) is 9.22. The molecular weight excluding hydrogens is 186 g/mol. The summed E-state index contributed by atoms with van der Waals surface area (Å²) in [6, 6.07) is 6.54. The molecule has 1 aliphatic heterocycles. The summed E-state index contributed by atoms with van der Waals surface area (Å²) in [5.41, 5.74) is 2.57. The van der Waals surface area contributed by atoms with Gasteiger partial charge in [-0.15, -0.1) is 0 Å². The SMILES string of the molecule is Oc1cccc2c1C(C1CCCN1)CC2. The van der Waals surface area contributed by atoms with E-state index in [2.05, 4.69) is 11.4 Å². The van der Waals surface area contributed by atoms with Crippen LogP contribution in [0.5, 0.6) is 5.75 Å². The third kappa shape index (κ3) is 1.44. The molecule has 0 bridgehead atoms. The Morgan fingerprint density at radius 2 is 2.20 bits per heavy atom. The Balaban J connectivity index is 1.96. The van der Waals surface area contributed by atoms with Crippen molar-refractivity contribution in [3.8, 4) is 5.75 Å². The van der Waals surface area contributed by atoms with E-state index < -0.39 is 0 Å². The molecule has 1 heterocycles. The second-order valence-electron chi connectivity index (χ2n) is 4.70. The number of aryl methyl sites for hydroxylation is 1. The molecule has 2 atom stereocenters. The van der Waals surface area contributed by atoms with Crippen LogP contribution in [-0.2, 0) is 6.42 Å². The molecule has 1 saturated heterocycles. The van der Waals surface area contributed by atoms with E-state index in [0.717, 1.165) is 13.0 Å². The molecule has 2 aliphatic rings.